The molecule has 6 nitrogen and oxygen atoms in total. The van der Waals surface area contributed by atoms with Crippen LogP contribution in [0.3, 0.4) is 0 Å². The van der Waals surface area contributed by atoms with Crippen molar-refractivity contribution in [2.75, 3.05) is 47.5 Å². The van der Waals surface area contributed by atoms with Crippen molar-refractivity contribution < 1.29 is 18.5 Å². The lowest BCUT2D eigenvalue weighted by atomic mass is 10.1. The molecule has 1 aromatic rings. The first-order valence-corrected chi connectivity index (χ1v) is 12.9. The number of halogens is 1. The Kier molecular flexibility index (Phi) is 18.4. The van der Waals surface area contributed by atoms with E-state index in [2.05, 4.69) is 44.1 Å². The fourth-order valence-corrected chi connectivity index (χ4v) is 3.61. The highest BCUT2D eigenvalue weighted by Crippen LogP contribution is 2.32. The van der Waals surface area contributed by atoms with Crippen molar-refractivity contribution in [3.05, 3.63) is 35.9 Å². The van der Waals surface area contributed by atoms with Crippen molar-refractivity contribution in [1.29, 1.82) is 0 Å². The minimum atomic E-state index is 0.625. The molecule has 29 heavy (non-hydrogen) atoms. The van der Waals surface area contributed by atoms with Gasteiger partial charge in [-0.05, 0) is 62.9 Å². The maximum atomic E-state index is 9.06. The third-order valence-corrected chi connectivity index (χ3v) is 5.18. The molecule has 1 aliphatic heterocycles. The van der Waals surface area contributed by atoms with Gasteiger partial charge in [-0.1, -0.05) is 12.1 Å². The van der Waals surface area contributed by atoms with Gasteiger partial charge >= 0.3 is 0 Å². The highest BCUT2D eigenvalue weighted by molar-refractivity contribution is 14.2. The Morgan fingerprint density at radius 1 is 1.28 bits per heavy atom. The van der Waals surface area contributed by atoms with Crippen LogP contribution in [0, 0.1) is 6.92 Å². The van der Waals surface area contributed by atoms with E-state index in [1.54, 1.807) is 21.3 Å². The molecule has 1 amide bonds. The zero-order valence-corrected chi connectivity index (χ0v) is 21.0. The highest BCUT2D eigenvalue weighted by atomic mass is 127. The van der Waals surface area contributed by atoms with Crippen molar-refractivity contribution in [3.63, 3.8) is 0 Å². The van der Waals surface area contributed by atoms with E-state index in [1.807, 2.05) is 19.1 Å². The van der Waals surface area contributed by atoms with Gasteiger partial charge in [0.25, 0.3) is 0 Å². The molecule has 8 heteroatoms. The molecule has 0 radical (unpaired) electrons. The van der Waals surface area contributed by atoms with Gasteiger partial charge in [-0.2, -0.15) is 0 Å². The van der Waals surface area contributed by atoms with E-state index in [9.17, 15) is 0 Å². The van der Waals surface area contributed by atoms with Crippen molar-refractivity contribution in [2.45, 2.75) is 32.6 Å². The second kappa shape index (κ2) is 19.0. The summed E-state index contributed by atoms with van der Waals surface area (Å²) >= 11 is 2.13. The first kappa shape index (κ1) is 28.0. The van der Waals surface area contributed by atoms with Crippen LogP contribution in [0.15, 0.2) is 24.8 Å². The van der Waals surface area contributed by atoms with E-state index in [1.165, 1.54) is 40.7 Å². The Hall–Kier alpha value is -0.970. The number of nitrogens with one attached hydrogen (secondary N) is 1. The number of hydrogen-bond acceptors (Lipinski definition) is 6. The summed E-state index contributed by atoms with van der Waals surface area (Å²) in [4.78, 5) is 11.5. The predicted molar refractivity (Wildman–Crippen MR) is 131 cm³/mol. The fourth-order valence-electron chi connectivity index (χ4n) is 2.89. The first-order chi connectivity index (χ1) is 14.1. The quantitative estimate of drug-likeness (QED) is 0.155. The molecule has 0 atom stereocenters. The largest absolute Gasteiger partial charge is 0.493 e. The van der Waals surface area contributed by atoms with Crippen molar-refractivity contribution in [1.82, 2.24) is 10.2 Å². The van der Waals surface area contributed by atoms with Gasteiger partial charge in [0.1, 0.15) is 0 Å². The summed E-state index contributed by atoms with van der Waals surface area (Å²) < 4.78 is 15.9. The van der Waals surface area contributed by atoms with E-state index < -0.39 is 0 Å². The smallest absolute Gasteiger partial charge is 0.206 e. The Balaban J connectivity index is 0.000000537. The van der Waals surface area contributed by atoms with Crippen LogP contribution in [-0.2, 0) is 15.4 Å². The van der Waals surface area contributed by atoms with Crippen LogP contribution in [0.25, 0.3) is 0 Å². The monoisotopic (exact) mass is 538 g/mol. The third-order valence-electron chi connectivity index (χ3n) is 4.17. The maximum Gasteiger partial charge on any atom is 0.206 e. The third kappa shape index (κ3) is 13.0. The van der Waals surface area contributed by atoms with Gasteiger partial charge < -0.3 is 19.0 Å². The highest BCUT2D eigenvalue weighted by Gasteiger charge is 2.09. The minimum absolute atomic E-state index is 0.625. The number of nitrogens with zero attached hydrogens (tertiary/aromatic N) is 1. The van der Waals surface area contributed by atoms with Crippen LogP contribution in [0.1, 0.15) is 30.4 Å². The Labute approximate surface area is 192 Å². The number of aryl methyl sites for hydroxylation is 2. The summed E-state index contributed by atoms with van der Waals surface area (Å²) in [5.41, 5.74) is 2.35. The van der Waals surface area contributed by atoms with E-state index in [0.717, 1.165) is 43.1 Å². The average molecular weight is 538 g/mol. The zero-order chi connectivity index (χ0) is 21.9. The second-order valence-corrected chi connectivity index (χ2v) is 7.78. The molecular formula is C21H35IN2O4S. The average Bonchev–Trinajstić information content (AvgIpc) is 3.25. The normalized spacial score (nSPS) is 12.7. The summed E-state index contributed by atoms with van der Waals surface area (Å²) in [6.45, 7) is 10.1. The number of likely N-dealkylation sites (tertiary alicyclic amines) is 1. The van der Waals surface area contributed by atoms with Crippen molar-refractivity contribution in [2.24, 2.45) is 0 Å². The number of carbonyl (C=O) groups is 1. The van der Waals surface area contributed by atoms with Gasteiger partial charge in [-0.25, -0.2) is 0 Å². The van der Waals surface area contributed by atoms with Crippen LogP contribution in [-0.4, -0.2) is 58.8 Å². The Bertz CT molecular complexity index is 570. The minimum Gasteiger partial charge on any atom is -0.493 e. The van der Waals surface area contributed by atoms with Gasteiger partial charge in [0.15, 0.2) is 11.5 Å². The lowest BCUT2D eigenvalue weighted by Gasteiger charge is -2.12. The molecule has 0 spiro atoms. The van der Waals surface area contributed by atoms with Gasteiger partial charge in [0, 0.05) is 34.8 Å². The molecule has 1 fully saturated rings. The summed E-state index contributed by atoms with van der Waals surface area (Å²) in [5, 5.41) is 2.25. The number of methoxy groups -OCH3 is 2. The number of rotatable bonds is 10. The van der Waals surface area contributed by atoms with Crippen LogP contribution in [0.2, 0.25) is 0 Å². The SMILES string of the molecule is C=CCN1CCCC1.CNC=O.COc1cc(CCCOSI)cc(C)c1OC. The first-order valence-electron chi connectivity index (χ1n) is 9.63. The molecule has 2 rings (SSSR count). The summed E-state index contributed by atoms with van der Waals surface area (Å²) in [6, 6.07) is 4.17. The fraction of sp³-hybridized carbons (Fsp3) is 0.571. The Morgan fingerprint density at radius 3 is 2.41 bits per heavy atom. The summed E-state index contributed by atoms with van der Waals surface area (Å²) in [7, 11) is 6.27. The topological polar surface area (TPSA) is 60.0 Å². The molecule has 1 N–H and O–H groups in total. The van der Waals surface area contributed by atoms with E-state index in [4.69, 9.17) is 18.5 Å². The zero-order valence-electron chi connectivity index (χ0n) is 18.0. The van der Waals surface area contributed by atoms with Crippen LogP contribution >= 0.6 is 30.4 Å². The van der Waals surface area contributed by atoms with Gasteiger partial charge in [0.2, 0.25) is 6.41 Å². The maximum absolute atomic E-state index is 9.06. The molecule has 0 saturated carbocycles. The summed E-state index contributed by atoms with van der Waals surface area (Å²) in [5.74, 6) is 1.61. The van der Waals surface area contributed by atoms with E-state index >= 15 is 0 Å². The molecule has 1 saturated heterocycles. The molecule has 1 heterocycles. The van der Waals surface area contributed by atoms with Gasteiger partial charge in [-0.15, -0.1) is 6.58 Å². The van der Waals surface area contributed by atoms with Crippen LogP contribution in [0.4, 0.5) is 0 Å². The van der Waals surface area contributed by atoms with Crippen LogP contribution < -0.4 is 14.8 Å². The molecule has 0 bridgehead atoms. The standard InChI is InChI=1S/C12H17IO3S.C7H13N.C2H5NO/c1-9-7-10(5-4-6-16-17-13)8-11(14-2)12(9)15-3;1-2-5-8-6-3-4-7-8;1-3-2-4/h7-8H,4-6H2,1-3H3;2H,1,3-7H2;2H,1H3,(H,3,4). The van der Waals surface area contributed by atoms with E-state index in [-0.39, 0.29) is 0 Å². The molecular weight excluding hydrogens is 503 g/mol. The van der Waals surface area contributed by atoms with Gasteiger partial charge in [0.05, 0.1) is 30.0 Å². The molecule has 0 aliphatic carbocycles. The predicted octanol–water partition coefficient (Wildman–Crippen LogP) is 4.59. The van der Waals surface area contributed by atoms with Crippen molar-refractivity contribution in [3.8, 4) is 11.5 Å². The number of hydrogen-bond donors (Lipinski definition) is 1. The summed E-state index contributed by atoms with van der Waals surface area (Å²) in [6.07, 6.45) is 7.36. The van der Waals surface area contributed by atoms with Crippen molar-refractivity contribution >= 4 is 36.8 Å². The molecule has 166 valence electrons. The molecule has 1 aromatic carbocycles. The Morgan fingerprint density at radius 2 is 1.93 bits per heavy atom. The van der Waals surface area contributed by atoms with E-state index in [0.29, 0.717) is 6.41 Å². The second-order valence-electron chi connectivity index (χ2n) is 6.34. The van der Waals surface area contributed by atoms with Crippen LogP contribution in [0.5, 0.6) is 11.5 Å². The number of benzene rings is 1. The molecule has 1 aliphatic rings. The molecule has 0 aromatic heterocycles. The number of carbonyl (C=O) groups excluding carboxylic acids is 1. The lowest BCUT2D eigenvalue weighted by Crippen LogP contribution is -2.18. The van der Waals surface area contributed by atoms with Gasteiger partial charge in [-0.3, -0.25) is 9.69 Å². The molecule has 0 unspecified atom stereocenters. The number of amides is 1. The lowest BCUT2D eigenvalue weighted by molar-refractivity contribution is -0.109. The number of ether oxygens (including phenoxy) is 2.